The summed E-state index contributed by atoms with van der Waals surface area (Å²) in [5, 5.41) is 11.5. The van der Waals surface area contributed by atoms with Gasteiger partial charge >= 0.3 is 0 Å². The van der Waals surface area contributed by atoms with Gasteiger partial charge in [-0.1, -0.05) is 20.3 Å². The SMILES string of the molecule is CC[C@H](C)[C@H](C(=O)[O-])N1C(=O)c2c(Br)c(Br)c(Br)c(Br)c2C1=O. The summed E-state index contributed by atoms with van der Waals surface area (Å²) in [6, 6.07) is -1.32. The van der Waals surface area contributed by atoms with E-state index in [1.54, 1.807) is 13.8 Å². The molecule has 9 heteroatoms. The molecule has 0 aromatic heterocycles. The molecule has 124 valence electrons. The van der Waals surface area contributed by atoms with Crippen molar-refractivity contribution >= 4 is 81.5 Å². The summed E-state index contributed by atoms with van der Waals surface area (Å²) in [5.41, 5.74) is 0.262. The highest BCUT2D eigenvalue weighted by Gasteiger charge is 2.45. The van der Waals surface area contributed by atoms with Crippen LogP contribution in [-0.2, 0) is 4.79 Å². The van der Waals surface area contributed by atoms with Gasteiger partial charge in [-0.15, -0.1) is 0 Å². The van der Waals surface area contributed by atoms with Crippen LogP contribution in [0.25, 0.3) is 0 Å². The largest absolute Gasteiger partial charge is 0.548 e. The lowest BCUT2D eigenvalue weighted by atomic mass is 9.98. The molecule has 1 aromatic rings. The Morgan fingerprint density at radius 3 is 1.70 bits per heavy atom. The molecule has 2 amide bonds. The molecule has 0 saturated heterocycles. The van der Waals surface area contributed by atoms with Gasteiger partial charge in [0.25, 0.3) is 11.8 Å². The minimum atomic E-state index is -1.45. The number of hydrogen-bond donors (Lipinski definition) is 0. The average Bonchev–Trinajstić information content (AvgIpc) is 2.75. The maximum Gasteiger partial charge on any atom is 0.263 e. The molecule has 2 atom stereocenters. The second-order valence-corrected chi connectivity index (χ2v) is 8.31. The van der Waals surface area contributed by atoms with Gasteiger partial charge in [-0.05, 0) is 69.6 Å². The van der Waals surface area contributed by atoms with Crippen LogP contribution in [-0.4, -0.2) is 28.7 Å². The molecule has 23 heavy (non-hydrogen) atoms. The van der Waals surface area contributed by atoms with Crippen molar-refractivity contribution in [3.63, 3.8) is 0 Å². The van der Waals surface area contributed by atoms with Crippen molar-refractivity contribution in [1.82, 2.24) is 4.90 Å². The van der Waals surface area contributed by atoms with Crippen molar-refractivity contribution in [2.45, 2.75) is 26.3 Å². The fraction of sp³-hybridized carbons (Fsp3) is 0.357. The molecule has 0 bridgehead atoms. The fourth-order valence-corrected chi connectivity index (χ4v) is 4.89. The number of hydrogen-bond acceptors (Lipinski definition) is 4. The maximum atomic E-state index is 12.7. The second-order valence-electron chi connectivity index (χ2n) is 5.14. The van der Waals surface area contributed by atoms with E-state index in [0.717, 1.165) is 4.90 Å². The van der Waals surface area contributed by atoms with Crippen LogP contribution < -0.4 is 5.11 Å². The van der Waals surface area contributed by atoms with E-state index in [0.29, 0.717) is 24.3 Å². The van der Waals surface area contributed by atoms with Gasteiger partial charge in [-0.3, -0.25) is 14.5 Å². The topological polar surface area (TPSA) is 77.5 Å². The van der Waals surface area contributed by atoms with Gasteiger partial charge in [0.15, 0.2) is 0 Å². The first-order valence-corrected chi connectivity index (χ1v) is 9.76. The summed E-state index contributed by atoms with van der Waals surface area (Å²) >= 11 is 13.2. The number of carbonyl (C=O) groups excluding carboxylic acids is 3. The van der Waals surface area contributed by atoms with Crippen LogP contribution in [0.1, 0.15) is 41.0 Å². The summed E-state index contributed by atoms with van der Waals surface area (Å²) in [6.07, 6.45) is 0.488. The van der Waals surface area contributed by atoms with Gasteiger partial charge < -0.3 is 9.90 Å². The fourth-order valence-electron chi connectivity index (χ4n) is 2.43. The number of aliphatic carboxylic acids is 1. The Labute approximate surface area is 166 Å². The maximum absolute atomic E-state index is 12.7. The third-order valence-electron chi connectivity index (χ3n) is 3.84. The summed E-state index contributed by atoms with van der Waals surface area (Å²) in [5.74, 6) is -3.17. The monoisotopic (exact) mass is 572 g/mol. The Morgan fingerprint density at radius 1 is 1.00 bits per heavy atom. The third-order valence-corrected chi connectivity index (χ3v) is 8.60. The molecule has 0 fully saturated rings. The molecule has 0 saturated carbocycles. The third kappa shape index (κ3) is 2.94. The van der Waals surface area contributed by atoms with Crippen LogP contribution in [0.4, 0.5) is 0 Å². The summed E-state index contributed by atoms with van der Waals surface area (Å²) in [6.45, 7) is 3.46. The molecule has 1 aromatic carbocycles. The van der Waals surface area contributed by atoms with Gasteiger partial charge in [0.05, 0.1) is 23.1 Å². The summed E-state index contributed by atoms with van der Waals surface area (Å²) in [7, 11) is 0. The zero-order valence-electron chi connectivity index (χ0n) is 12.0. The molecule has 2 rings (SSSR count). The number of nitrogens with zero attached hydrogens (tertiary/aromatic N) is 1. The summed E-state index contributed by atoms with van der Waals surface area (Å²) in [4.78, 5) is 37.8. The van der Waals surface area contributed by atoms with Crippen molar-refractivity contribution < 1.29 is 19.5 Å². The van der Waals surface area contributed by atoms with Crippen LogP contribution in [0.2, 0.25) is 0 Å². The smallest absolute Gasteiger partial charge is 0.263 e. The van der Waals surface area contributed by atoms with Crippen LogP contribution in [0.3, 0.4) is 0 Å². The van der Waals surface area contributed by atoms with Crippen LogP contribution in [0, 0.1) is 5.92 Å². The lowest BCUT2D eigenvalue weighted by Crippen LogP contribution is -2.53. The van der Waals surface area contributed by atoms with Crippen molar-refractivity contribution in [3.8, 4) is 0 Å². The molecule has 0 unspecified atom stereocenters. The van der Waals surface area contributed by atoms with E-state index in [9.17, 15) is 19.5 Å². The number of carboxylic acid groups (broad SMARTS) is 1. The van der Waals surface area contributed by atoms with Crippen LogP contribution >= 0.6 is 63.7 Å². The van der Waals surface area contributed by atoms with E-state index >= 15 is 0 Å². The first-order valence-electron chi connectivity index (χ1n) is 6.59. The highest BCUT2D eigenvalue weighted by molar-refractivity contribution is 9.15. The van der Waals surface area contributed by atoms with Gasteiger partial charge in [0.2, 0.25) is 0 Å². The summed E-state index contributed by atoms with van der Waals surface area (Å²) < 4.78 is 1.90. The van der Waals surface area contributed by atoms with Gasteiger partial charge in [-0.2, -0.15) is 0 Å². The first kappa shape index (κ1) is 19.1. The number of halogens is 4. The lowest BCUT2D eigenvalue weighted by molar-refractivity contribution is -0.311. The van der Waals surface area contributed by atoms with Crippen molar-refractivity contribution in [2.24, 2.45) is 5.92 Å². The molecular weight excluding hydrogens is 566 g/mol. The molecule has 1 aliphatic rings. The molecule has 0 radical (unpaired) electrons. The molecule has 0 aliphatic carbocycles. The number of imide groups is 1. The Morgan fingerprint density at radius 2 is 1.39 bits per heavy atom. The second kappa shape index (κ2) is 6.93. The van der Waals surface area contributed by atoms with E-state index in [4.69, 9.17) is 0 Å². The van der Waals surface area contributed by atoms with Gasteiger partial charge in [0, 0.05) is 17.9 Å². The lowest BCUT2D eigenvalue weighted by Gasteiger charge is -2.31. The zero-order valence-corrected chi connectivity index (χ0v) is 18.3. The number of rotatable bonds is 4. The molecule has 1 heterocycles. The van der Waals surface area contributed by atoms with Crippen LogP contribution in [0.15, 0.2) is 17.9 Å². The Hall–Kier alpha value is -0.250. The first-order chi connectivity index (χ1) is 10.6. The molecular formula is C14H10Br4NO4-. The van der Waals surface area contributed by atoms with Gasteiger partial charge in [-0.25, -0.2) is 0 Å². The Balaban J connectivity index is 2.69. The average molecular weight is 576 g/mol. The minimum absolute atomic E-state index is 0.131. The standard InChI is InChI=1S/C14H11Br4NO4/c1-3-4(2)11(14(22)23)19-12(20)5-6(13(19)21)8(16)10(18)9(17)7(5)15/h4,11H,3H2,1-2H3,(H,22,23)/p-1/t4-,11+/m0/s1. The molecule has 1 aliphatic heterocycles. The zero-order chi connectivity index (χ0) is 17.6. The number of carbonyl (C=O) groups is 3. The van der Waals surface area contributed by atoms with Crippen LogP contribution in [0.5, 0.6) is 0 Å². The van der Waals surface area contributed by atoms with Crippen molar-refractivity contribution in [3.05, 3.63) is 29.0 Å². The molecule has 0 spiro atoms. The van der Waals surface area contributed by atoms with Crippen molar-refractivity contribution in [2.75, 3.05) is 0 Å². The van der Waals surface area contributed by atoms with E-state index < -0.39 is 29.7 Å². The minimum Gasteiger partial charge on any atom is -0.548 e. The number of benzene rings is 1. The van der Waals surface area contributed by atoms with E-state index in [2.05, 4.69) is 63.7 Å². The Bertz CT molecular complexity index is 687. The number of carboxylic acids is 1. The highest BCUT2D eigenvalue weighted by atomic mass is 79.9. The normalized spacial score (nSPS) is 16.5. The highest BCUT2D eigenvalue weighted by Crippen LogP contribution is 2.45. The molecule has 0 N–H and O–H groups in total. The number of amides is 2. The predicted octanol–water partition coefficient (Wildman–Crippen LogP) is 3.50. The quantitative estimate of drug-likeness (QED) is 0.313. The van der Waals surface area contributed by atoms with Gasteiger partial charge in [0.1, 0.15) is 0 Å². The van der Waals surface area contributed by atoms with E-state index in [-0.39, 0.29) is 11.1 Å². The molecule has 5 nitrogen and oxygen atoms in total. The predicted molar refractivity (Wildman–Crippen MR) is 96.0 cm³/mol. The van der Waals surface area contributed by atoms with E-state index in [1.165, 1.54) is 0 Å². The van der Waals surface area contributed by atoms with Crippen molar-refractivity contribution in [1.29, 1.82) is 0 Å². The van der Waals surface area contributed by atoms with E-state index in [1.807, 2.05) is 0 Å². The number of fused-ring (bicyclic) bond motifs is 1. The Kier molecular flexibility index (Phi) is 5.75.